The third kappa shape index (κ3) is 3.62. The van der Waals surface area contributed by atoms with Crippen molar-refractivity contribution in [3.05, 3.63) is 57.0 Å². The van der Waals surface area contributed by atoms with E-state index in [2.05, 4.69) is 53.1 Å². The van der Waals surface area contributed by atoms with Crippen LogP contribution in [0.1, 0.15) is 22.4 Å². The largest absolute Gasteiger partial charge is 0.334 e. The summed E-state index contributed by atoms with van der Waals surface area (Å²) in [5.41, 5.74) is 3.94. The average Bonchev–Trinajstić information content (AvgIpc) is 2.53. The molecule has 1 saturated heterocycles. The summed E-state index contributed by atoms with van der Waals surface area (Å²) in [6, 6.07) is 8.30. The lowest BCUT2D eigenvalue weighted by Crippen LogP contribution is -3.12. The molecule has 1 fully saturated rings. The van der Waals surface area contributed by atoms with Crippen molar-refractivity contribution in [1.82, 2.24) is 9.97 Å². The van der Waals surface area contributed by atoms with Crippen molar-refractivity contribution >= 4 is 5.95 Å². The van der Waals surface area contributed by atoms with Gasteiger partial charge in [-0.1, -0.05) is 29.8 Å². The van der Waals surface area contributed by atoms with E-state index in [0.29, 0.717) is 12.4 Å². The van der Waals surface area contributed by atoms with Gasteiger partial charge in [-0.15, -0.1) is 0 Å². The molecule has 0 aliphatic carbocycles. The number of hydrogen-bond donors (Lipinski definition) is 2. The van der Waals surface area contributed by atoms with Gasteiger partial charge in [-0.3, -0.25) is 9.78 Å². The number of hydrogen-bond acceptors (Lipinski definition) is 3. The van der Waals surface area contributed by atoms with Crippen LogP contribution >= 0.6 is 0 Å². The van der Waals surface area contributed by atoms with Gasteiger partial charge in [0, 0.05) is 12.0 Å². The first-order valence-electron chi connectivity index (χ1n) is 8.24. The molecule has 1 aliphatic heterocycles. The second-order valence-electron chi connectivity index (χ2n) is 6.56. The number of rotatable bonds is 3. The highest BCUT2D eigenvalue weighted by Crippen LogP contribution is 2.13. The molecule has 2 heterocycles. The number of anilines is 1. The maximum Gasteiger partial charge on any atom is 0.256 e. The van der Waals surface area contributed by atoms with Crippen LogP contribution in [-0.4, -0.2) is 43.2 Å². The Bertz CT molecular complexity index is 728. The Morgan fingerprint density at radius 1 is 1.17 bits per heavy atom. The number of H-pyrrole nitrogens is 1. The molecule has 5 heteroatoms. The summed E-state index contributed by atoms with van der Waals surface area (Å²) in [5.74, 6) is 0.715. The summed E-state index contributed by atoms with van der Waals surface area (Å²) in [5, 5.41) is 0. The van der Waals surface area contributed by atoms with Gasteiger partial charge in [0.15, 0.2) is 0 Å². The van der Waals surface area contributed by atoms with Crippen LogP contribution in [0.25, 0.3) is 0 Å². The van der Waals surface area contributed by atoms with Gasteiger partial charge in [-0.05, 0) is 19.4 Å². The number of benzene rings is 1. The van der Waals surface area contributed by atoms with Crippen LogP contribution in [0, 0.1) is 13.8 Å². The Balaban J connectivity index is 1.83. The number of aryl methyl sites for hydroxylation is 2. The summed E-state index contributed by atoms with van der Waals surface area (Å²) in [7, 11) is 2.20. The molecule has 23 heavy (non-hydrogen) atoms. The number of nitrogens with one attached hydrogen (secondary N) is 2. The van der Waals surface area contributed by atoms with Crippen molar-refractivity contribution in [3.63, 3.8) is 0 Å². The zero-order valence-corrected chi connectivity index (χ0v) is 14.1. The Kier molecular flexibility index (Phi) is 4.48. The van der Waals surface area contributed by atoms with Crippen molar-refractivity contribution in [3.8, 4) is 0 Å². The second kappa shape index (κ2) is 6.54. The van der Waals surface area contributed by atoms with Crippen LogP contribution in [0.5, 0.6) is 0 Å². The van der Waals surface area contributed by atoms with E-state index in [1.54, 1.807) is 0 Å². The molecule has 0 bridgehead atoms. The first-order valence-corrected chi connectivity index (χ1v) is 8.24. The number of quaternary nitrogens is 1. The molecule has 0 unspecified atom stereocenters. The normalized spacial score (nSPS) is 15.9. The highest BCUT2D eigenvalue weighted by Gasteiger charge is 2.20. The van der Waals surface area contributed by atoms with Crippen LogP contribution in [-0.2, 0) is 6.42 Å². The van der Waals surface area contributed by atoms with E-state index in [9.17, 15) is 4.79 Å². The van der Waals surface area contributed by atoms with Crippen molar-refractivity contribution in [1.29, 1.82) is 0 Å². The lowest BCUT2D eigenvalue weighted by atomic mass is 10.0. The van der Waals surface area contributed by atoms with E-state index in [-0.39, 0.29) is 5.56 Å². The van der Waals surface area contributed by atoms with Crippen molar-refractivity contribution in [2.24, 2.45) is 0 Å². The number of piperazine rings is 1. The van der Waals surface area contributed by atoms with Crippen LogP contribution in [0.4, 0.5) is 5.95 Å². The maximum atomic E-state index is 12.5. The van der Waals surface area contributed by atoms with Gasteiger partial charge < -0.3 is 9.80 Å². The predicted octanol–water partition coefficient (Wildman–Crippen LogP) is 0.312. The van der Waals surface area contributed by atoms with E-state index in [1.807, 2.05) is 6.92 Å². The molecule has 2 N–H and O–H groups in total. The summed E-state index contributed by atoms with van der Waals surface area (Å²) in [4.78, 5) is 23.9. The van der Waals surface area contributed by atoms with Crippen molar-refractivity contribution in [2.45, 2.75) is 20.3 Å². The number of likely N-dealkylation sites (N-methyl/N-ethyl adjacent to an activating group) is 1. The SMILES string of the molecule is Cc1ccc(Cc2c(C)nc(N3CC[NH+](C)CC3)[nH]c2=O)cc1. The fourth-order valence-corrected chi connectivity index (χ4v) is 2.96. The molecular weight excluding hydrogens is 288 g/mol. The first-order chi connectivity index (χ1) is 11.0. The Hall–Kier alpha value is -2.14. The molecule has 1 aliphatic rings. The molecule has 1 aromatic heterocycles. The second-order valence-corrected chi connectivity index (χ2v) is 6.56. The number of aromatic nitrogens is 2. The minimum Gasteiger partial charge on any atom is -0.334 e. The molecule has 1 aromatic carbocycles. The van der Waals surface area contributed by atoms with E-state index in [0.717, 1.165) is 43.0 Å². The smallest absolute Gasteiger partial charge is 0.256 e. The summed E-state index contributed by atoms with van der Waals surface area (Å²) in [6.07, 6.45) is 0.627. The van der Waals surface area contributed by atoms with Gasteiger partial charge >= 0.3 is 0 Å². The fourth-order valence-electron chi connectivity index (χ4n) is 2.96. The van der Waals surface area contributed by atoms with E-state index < -0.39 is 0 Å². The molecular formula is C18H25N4O+. The zero-order valence-electron chi connectivity index (χ0n) is 14.1. The minimum atomic E-state index is -0.0145. The van der Waals surface area contributed by atoms with Crippen LogP contribution in [0.15, 0.2) is 29.1 Å². The van der Waals surface area contributed by atoms with Gasteiger partial charge in [-0.25, -0.2) is 4.98 Å². The number of nitrogens with zero attached hydrogens (tertiary/aromatic N) is 2. The van der Waals surface area contributed by atoms with E-state index in [1.165, 1.54) is 10.5 Å². The topological polar surface area (TPSA) is 53.4 Å². The molecule has 3 rings (SSSR count). The van der Waals surface area contributed by atoms with Crippen LogP contribution < -0.4 is 15.4 Å². The Labute approximate surface area is 137 Å². The lowest BCUT2D eigenvalue weighted by Gasteiger charge is -2.30. The minimum absolute atomic E-state index is 0.0145. The molecule has 122 valence electrons. The molecule has 2 aromatic rings. The van der Waals surface area contributed by atoms with Gasteiger partial charge in [0.1, 0.15) is 0 Å². The molecule has 0 spiro atoms. The molecule has 5 nitrogen and oxygen atoms in total. The zero-order chi connectivity index (χ0) is 16.4. The third-order valence-electron chi connectivity index (χ3n) is 4.63. The lowest BCUT2D eigenvalue weighted by molar-refractivity contribution is -0.880. The average molecular weight is 313 g/mol. The number of aromatic amines is 1. The van der Waals surface area contributed by atoms with E-state index in [4.69, 9.17) is 0 Å². The third-order valence-corrected chi connectivity index (χ3v) is 4.63. The first kappa shape index (κ1) is 15.7. The van der Waals surface area contributed by atoms with Crippen molar-refractivity contribution < 1.29 is 4.90 Å². The predicted molar refractivity (Wildman–Crippen MR) is 92.4 cm³/mol. The Morgan fingerprint density at radius 3 is 2.43 bits per heavy atom. The standard InChI is InChI=1S/C18H24N4O/c1-13-4-6-15(7-5-13)12-16-14(2)19-18(20-17(16)23)22-10-8-21(3)9-11-22/h4-7H,8-12H2,1-3H3,(H,19,20,23)/p+1. The monoisotopic (exact) mass is 313 g/mol. The van der Waals surface area contributed by atoms with Crippen LogP contribution in [0.3, 0.4) is 0 Å². The molecule has 0 atom stereocenters. The van der Waals surface area contributed by atoms with Gasteiger partial charge in [0.25, 0.3) is 5.56 Å². The molecule has 0 amide bonds. The summed E-state index contributed by atoms with van der Waals surface area (Å²) in [6.45, 7) is 8.03. The highest BCUT2D eigenvalue weighted by atomic mass is 16.1. The summed E-state index contributed by atoms with van der Waals surface area (Å²) < 4.78 is 0. The molecule has 0 radical (unpaired) electrons. The van der Waals surface area contributed by atoms with Crippen LogP contribution in [0.2, 0.25) is 0 Å². The van der Waals surface area contributed by atoms with Crippen molar-refractivity contribution in [2.75, 3.05) is 38.1 Å². The van der Waals surface area contributed by atoms with Gasteiger partial charge in [-0.2, -0.15) is 0 Å². The quantitative estimate of drug-likeness (QED) is 0.858. The van der Waals surface area contributed by atoms with E-state index >= 15 is 0 Å². The highest BCUT2D eigenvalue weighted by molar-refractivity contribution is 5.35. The molecule has 0 saturated carbocycles. The Morgan fingerprint density at radius 2 is 1.83 bits per heavy atom. The van der Waals surface area contributed by atoms with Gasteiger partial charge in [0.2, 0.25) is 5.95 Å². The van der Waals surface area contributed by atoms with Gasteiger partial charge in [0.05, 0.1) is 38.9 Å². The summed E-state index contributed by atoms with van der Waals surface area (Å²) >= 11 is 0. The maximum absolute atomic E-state index is 12.5. The fraction of sp³-hybridized carbons (Fsp3) is 0.444.